The molecule has 1 rings (SSSR count). The van der Waals surface area contributed by atoms with Crippen molar-refractivity contribution < 1.29 is 14.6 Å². The maximum absolute atomic E-state index is 10.9. The highest BCUT2D eigenvalue weighted by molar-refractivity contribution is 5.76. The van der Waals surface area contributed by atoms with Gasteiger partial charge in [0.1, 0.15) is 0 Å². The number of piperidine rings is 1. The zero-order valence-electron chi connectivity index (χ0n) is 10.0. The van der Waals surface area contributed by atoms with Crippen molar-refractivity contribution in [3.8, 4) is 0 Å². The number of rotatable bonds is 6. The lowest BCUT2D eigenvalue weighted by molar-refractivity contribution is -0.122. The Morgan fingerprint density at radius 1 is 1.62 bits per heavy atom. The third-order valence-electron chi connectivity index (χ3n) is 2.53. The van der Waals surface area contributed by atoms with E-state index in [4.69, 9.17) is 4.74 Å². The van der Waals surface area contributed by atoms with E-state index >= 15 is 0 Å². The van der Waals surface area contributed by atoms with Crippen LogP contribution in [0.15, 0.2) is 0 Å². The van der Waals surface area contributed by atoms with Crippen molar-refractivity contribution in [2.24, 2.45) is 0 Å². The number of hydrogen-bond acceptors (Lipinski definition) is 4. The summed E-state index contributed by atoms with van der Waals surface area (Å²) < 4.78 is 5.30. The standard InChI is InChI=1S/C11H22N2O3/c1-8(2)16-7-10(14)6-12-9-3-4-11(15)13-5-9/h8-10,12,14H,3-7H2,1-2H3,(H,13,15). The fraction of sp³-hybridized carbons (Fsp3) is 0.909. The minimum Gasteiger partial charge on any atom is -0.389 e. The van der Waals surface area contributed by atoms with Crippen molar-refractivity contribution >= 4 is 5.91 Å². The molecule has 5 nitrogen and oxygen atoms in total. The van der Waals surface area contributed by atoms with E-state index in [1.807, 2.05) is 13.8 Å². The van der Waals surface area contributed by atoms with Crippen LogP contribution in [0.5, 0.6) is 0 Å². The van der Waals surface area contributed by atoms with Crippen LogP contribution >= 0.6 is 0 Å². The van der Waals surface area contributed by atoms with Crippen molar-refractivity contribution in [3.05, 3.63) is 0 Å². The second-order valence-corrected chi connectivity index (χ2v) is 4.48. The van der Waals surface area contributed by atoms with E-state index in [-0.39, 0.29) is 18.1 Å². The summed E-state index contributed by atoms with van der Waals surface area (Å²) in [5, 5.41) is 15.6. The lowest BCUT2D eigenvalue weighted by Gasteiger charge is -2.25. The first-order valence-electron chi connectivity index (χ1n) is 5.87. The van der Waals surface area contributed by atoms with Crippen LogP contribution in [0.3, 0.4) is 0 Å². The largest absolute Gasteiger partial charge is 0.389 e. The molecular weight excluding hydrogens is 208 g/mol. The Morgan fingerprint density at radius 2 is 2.38 bits per heavy atom. The molecule has 0 radical (unpaired) electrons. The van der Waals surface area contributed by atoms with Gasteiger partial charge in [0, 0.05) is 25.6 Å². The maximum atomic E-state index is 10.9. The van der Waals surface area contributed by atoms with Crippen molar-refractivity contribution in [2.75, 3.05) is 19.7 Å². The van der Waals surface area contributed by atoms with Gasteiger partial charge in [-0.05, 0) is 20.3 Å². The van der Waals surface area contributed by atoms with E-state index in [2.05, 4.69) is 10.6 Å². The van der Waals surface area contributed by atoms with Crippen LogP contribution in [0.2, 0.25) is 0 Å². The predicted octanol–water partition coefficient (Wildman–Crippen LogP) is -0.359. The number of nitrogens with one attached hydrogen (secondary N) is 2. The summed E-state index contributed by atoms with van der Waals surface area (Å²) >= 11 is 0. The Labute approximate surface area is 96.6 Å². The van der Waals surface area contributed by atoms with Crippen molar-refractivity contribution in [1.82, 2.24) is 10.6 Å². The summed E-state index contributed by atoms with van der Waals surface area (Å²) in [4.78, 5) is 10.9. The highest BCUT2D eigenvalue weighted by atomic mass is 16.5. The Morgan fingerprint density at radius 3 is 2.94 bits per heavy atom. The zero-order valence-corrected chi connectivity index (χ0v) is 10.0. The summed E-state index contributed by atoms with van der Waals surface area (Å²) in [5.74, 6) is 0.113. The Hall–Kier alpha value is -0.650. The summed E-state index contributed by atoms with van der Waals surface area (Å²) in [6.07, 6.45) is 1.06. The van der Waals surface area contributed by atoms with E-state index in [0.29, 0.717) is 26.1 Å². The molecule has 1 fully saturated rings. The molecule has 1 aliphatic heterocycles. The number of aliphatic hydroxyl groups is 1. The average molecular weight is 230 g/mol. The molecular formula is C11H22N2O3. The Balaban J connectivity index is 2.07. The van der Waals surface area contributed by atoms with Gasteiger partial charge < -0.3 is 20.5 Å². The van der Waals surface area contributed by atoms with Gasteiger partial charge >= 0.3 is 0 Å². The van der Waals surface area contributed by atoms with Gasteiger partial charge in [0.05, 0.1) is 18.8 Å². The van der Waals surface area contributed by atoms with E-state index in [0.717, 1.165) is 6.42 Å². The molecule has 1 saturated heterocycles. The summed E-state index contributed by atoms with van der Waals surface area (Å²) in [5.41, 5.74) is 0. The molecule has 1 amide bonds. The normalized spacial score (nSPS) is 23.2. The van der Waals surface area contributed by atoms with Gasteiger partial charge in [0.2, 0.25) is 5.91 Å². The molecule has 0 saturated carbocycles. The van der Waals surface area contributed by atoms with E-state index in [1.165, 1.54) is 0 Å². The van der Waals surface area contributed by atoms with Gasteiger partial charge in [-0.3, -0.25) is 4.79 Å². The van der Waals surface area contributed by atoms with Crippen LogP contribution < -0.4 is 10.6 Å². The van der Waals surface area contributed by atoms with Gasteiger partial charge in [-0.2, -0.15) is 0 Å². The molecule has 0 bridgehead atoms. The fourth-order valence-electron chi connectivity index (χ4n) is 1.57. The second kappa shape index (κ2) is 6.83. The second-order valence-electron chi connectivity index (χ2n) is 4.48. The molecule has 0 aromatic heterocycles. The van der Waals surface area contributed by atoms with Gasteiger partial charge in [-0.15, -0.1) is 0 Å². The number of hydrogen-bond donors (Lipinski definition) is 3. The van der Waals surface area contributed by atoms with E-state index < -0.39 is 6.10 Å². The van der Waals surface area contributed by atoms with Crippen LogP contribution in [0.25, 0.3) is 0 Å². The minimum absolute atomic E-state index is 0.113. The van der Waals surface area contributed by atoms with Gasteiger partial charge in [-0.1, -0.05) is 0 Å². The molecule has 2 atom stereocenters. The molecule has 16 heavy (non-hydrogen) atoms. The smallest absolute Gasteiger partial charge is 0.220 e. The van der Waals surface area contributed by atoms with E-state index in [1.54, 1.807) is 0 Å². The Kier molecular flexibility index (Phi) is 5.73. The fourth-order valence-corrected chi connectivity index (χ4v) is 1.57. The third-order valence-corrected chi connectivity index (χ3v) is 2.53. The van der Waals surface area contributed by atoms with Crippen molar-refractivity contribution in [1.29, 1.82) is 0 Å². The van der Waals surface area contributed by atoms with Crippen LogP contribution in [-0.2, 0) is 9.53 Å². The number of ether oxygens (including phenoxy) is 1. The third kappa shape index (κ3) is 5.44. The van der Waals surface area contributed by atoms with Crippen molar-refractivity contribution in [3.63, 3.8) is 0 Å². The number of aliphatic hydroxyl groups excluding tert-OH is 1. The van der Waals surface area contributed by atoms with Crippen LogP contribution in [0.4, 0.5) is 0 Å². The van der Waals surface area contributed by atoms with E-state index in [9.17, 15) is 9.90 Å². The number of amides is 1. The molecule has 0 spiro atoms. The molecule has 1 aliphatic rings. The van der Waals surface area contributed by atoms with Gasteiger partial charge in [0.25, 0.3) is 0 Å². The molecule has 3 N–H and O–H groups in total. The number of carbonyl (C=O) groups is 1. The predicted molar refractivity (Wildman–Crippen MR) is 61.1 cm³/mol. The summed E-state index contributed by atoms with van der Waals surface area (Å²) in [7, 11) is 0. The van der Waals surface area contributed by atoms with Crippen LogP contribution in [0, 0.1) is 0 Å². The topological polar surface area (TPSA) is 70.6 Å². The lowest BCUT2D eigenvalue weighted by atomic mass is 10.1. The first kappa shape index (κ1) is 13.4. The molecule has 0 aromatic carbocycles. The van der Waals surface area contributed by atoms with Gasteiger partial charge in [-0.25, -0.2) is 0 Å². The van der Waals surface area contributed by atoms with Crippen LogP contribution in [0.1, 0.15) is 26.7 Å². The molecule has 0 aromatic rings. The maximum Gasteiger partial charge on any atom is 0.220 e. The first-order chi connectivity index (χ1) is 7.58. The first-order valence-corrected chi connectivity index (χ1v) is 5.87. The van der Waals surface area contributed by atoms with Crippen molar-refractivity contribution in [2.45, 2.75) is 44.9 Å². The summed E-state index contributed by atoms with van der Waals surface area (Å²) in [6.45, 7) is 5.39. The number of carbonyl (C=O) groups excluding carboxylic acids is 1. The average Bonchev–Trinajstić information content (AvgIpc) is 2.25. The highest BCUT2D eigenvalue weighted by Crippen LogP contribution is 2.02. The molecule has 94 valence electrons. The minimum atomic E-state index is -0.486. The molecule has 1 heterocycles. The highest BCUT2D eigenvalue weighted by Gasteiger charge is 2.18. The SMILES string of the molecule is CC(C)OCC(O)CNC1CCC(=O)NC1. The molecule has 0 aliphatic carbocycles. The molecule has 5 heteroatoms. The van der Waals surface area contributed by atoms with Crippen LogP contribution in [-0.4, -0.2) is 49.0 Å². The Bertz CT molecular complexity index is 211. The monoisotopic (exact) mass is 230 g/mol. The lowest BCUT2D eigenvalue weighted by Crippen LogP contribution is -2.48. The molecule has 2 unspecified atom stereocenters. The quantitative estimate of drug-likeness (QED) is 0.583. The zero-order chi connectivity index (χ0) is 12.0. The van der Waals surface area contributed by atoms with Gasteiger partial charge in [0.15, 0.2) is 0 Å². The summed E-state index contributed by atoms with van der Waals surface area (Å²) in [6, 6.07) is 0.270.